The van der Waals surface area contributed by atoms with E-state index in [2.05, 4.69) is 13.8 Å². The van der Waals surface area contributed by atoms with Crippen LogP contribution in [0.15, 0.2) is 11.6 Å². The van der Waals surface area contributed by atoms with Gasteiger partial charge in [0.25, 0.3) is 0 Å². The zero-order valence-corrected chi connectivity index (χ0v) is 20.7. The quantitative estimate of drug-likeness (QED) is 0.239. The number of rotatable bonds is 8. The van der Waals surface area contributed by atoms with Gasteiger partial charge in [0.2, 0.25) is 0 Å². The lowest BCUT2D eigenvalue weighted by atomic mass is 9.66. The lowest BCUT2D eigenvalue weighted by molar-refractivity contribution is -0.327. The zero-order valence-electron chi connectivity index (χ0n) is 20.7. The standard InChI is InChI=1S/C24H40O11/c1-11-7-13(25)8-24(3,4)14(11)6-5-12(2)34-23-21(31)19(29)18(28)16(35-23)10-33-22-20(30)17(27)15(26)9-32-22/h7,12,14-23,26-31H,5-6,8-10H2,1-4H3/t12-,14+,15-,16-,17-,18-,19+,20-,21-,22-,23-/m1/s1. The molecule has 0 aromatic rings. The van der Waals surface area contributed by atoms with Gasteiger partial charge in [-0.15, -0.1) is 0 Å². The highest BCUT2D eigenvalue weighted by molar-refractivity contribution is 5.91. The first-order chi connectivity index (χ1) is 16.3. The number of hydrogen-bond acceptors (Lipinski definition) is 11. The third-order valence-electron chi connectivity index (χ3n) is 7.29. The topological polar surface area (TPSA) is 175 Å². The molecule has 6 N–H and O–H groups in total. The van der Waals surface area contributed by atoms with Crippen LogP contribution in [0.5, 0.6) is 0 Å². The minimum Gasteiger partial charge on any atom is -0.388 e. The van der Waals surface area contributed by atoms with Gasteiger partial charge in [-0.2, -0.15) is 0 Å². The smallest absolute Gasteiger partial charge is 0.186 e. The summed E-state index contributed by atoms with van der Waals surface area (Å²) in [6.07, 6.45) is -9.21. The Morgan fingerprint density at radius 1 is 1.03 bits per heavy atom. The van der Waals surface area contributed by atoms with Gasteiger partial charge in [0.15, 0.2) is 18.4 Å². The van der Waals surface area contributed by atoms with E-state index >= 15 is 0 Å². The van der Waals surface area contributed by atoms with Crippen LogP contribution in [0.3, 0.4) is 0 Å². The summed E-state index contributed by atoms with van der Waals surface area (Å²) in [5.41, 5.74) is 0.863. The Morgan fingerprint density at radius 2 is 1.69 bits per heavy atom. The fourth-order valence-corrected chi connectivity index (χ4v) is 5.19. The van der Waals surface area contributed by atoms with Crippen LogP contribution < -0.4 is 0 Å². The molecule has 0 amide bonds. The van der Waals surface area contributed by atoms with Crippen LogP contribution >= 0.6 is 0 Å². The van der Waals surface area contributed by atoms with Gasteiger partial charge < -0.3 is 49.6 Å². The molecule has 3 rings (SSSR count). The van der Waals surface area contributed by atoms with E-state index in [1.165, 1.54) is 0 Å². The number of carbonyl (C=O) groups excluding carboxylic acids is 1. The Morgan fingerprint density at radius 3 is 2.34 bits per heavy atom. The molecule has 2 aliphatic heterocycles. The highest BCUT2D eigenvalue weighted by Crippen LogP contribution is 2.42. The van der Waals surface area contributed by atoms with Crippen molar-refractivity contribution in [2.24, 2.45) is 11.3 Å². The molecule has 0 bridgehead atoms. The Labute approximate surface area is 205 Å². The molecule has 1 aliphatic carbocycles. The maximum absolute atomic E-state index is 11.9. The van der Waals surface area contributed by atoms with Gasteiger partial charge in [0.1, 0.15) is 42.7 Å². The Kier molecular flexibility index (Phi) is 9.47. The van der Waals surface area contributed by atoms with Crippen LogP contribution in [0, 0.1) is 11.3 Å². The van der Waals surface area contributed by atoms with Crippen molar-refractivity contribution in [1.29, 1.82) is 0 Å². The summed E-state index contributed by atoms with van der Waals surface area (Å²) in [4.78, 5) is 11.9. The molecule has 11 nitrogen and oxygen atoms in total. The van der Waals surface area contributed by atoms with Crippen LogP contribution in [0.4, 0.5) is 0 Å². The molecule has 3 aliphatic rings. The number of ether oxygens (including phenoxy) is 4. The number of ketones is 1. The van der Waals surface area contributed by atoms with E-state index in [-0.39, 0.29) is 36.4 Å². The lowest BCUT2D eigenvalue weighted by Gasteiger charge is -2.42. The molecule has 0 aromatic heterocycles. The summed E-state index contributed by atoms with van der Waals surface area (Å²) in [5.74, 6) is 0.331. The summed E-state index contributed by atoms with van der Waals surface area (Å²) < 4.78 is 22.1. The number of allylic oxidation sites excluding steroid dienone is 2. The van der Waals surface area contributed by atoms with Gasteiger partial charge in [-0.1, -0.05) is 19.4 Å². The van der Waals surface area contributed by atoms with E-state index in [1.807, 2.05) is 13.8 Å². The number of hydrogen-bond donors (Lipinski definition) is 6. The molecule has 0 saturated carbocycles. The first-order valence-electron chi connectivity index (χ1n) is 12.2. The molecule has 2 saturated heterocycles. The Balaban J connectivity index is 1.55. The third kappa shape index (κ3) is 6.67. The Bertz CT molecular complexity index is 756. The molecule has 11 atom stereocenters. The summed E-state index contributed by atoms with van der Waals surface area (Å²) >= 11 is 0. The van der Waals surface area contributed by atoms with Crippen molar-refractivity contribution in [3.8, 4) is 0 Å². The fourth-order valence-electron chi connectivity index (χ4n) is 5.19. The predicted octanol–water partition coefficient (Wildman–Crippen LogP) is -1.00. The van der Waals surface area contributed by atoms with E-state index in [1.54, 1.807) is 6.08 Å². The highest BCUT2D eigenvalue weighted by atomic mass is 16.7. The molecule has 0 aromatic carbocycles. The minimum absolute atomic E-state index is 0.129. The van der Waals surface area contributed by atoms with Crippen LogP contribution in [0.1, 0.15) is 47.0 Å². The van der Waals surface area contributed by atoms with Gasteiger partial charge in [-0.05, 0) is 44.1 Å². The van der Waals surface area contributed by atoms with E-state index in [4.69, 9.17) is 18.9 Å². The van der Waals surface area contributed by atoms with E-state index < -0.39 is 55.3 Å². The molecule has 35 heavy (non-hydrogen) atoms. The number of aliphatic hydroxyl groups excluding tert-OH is 6. The largest absolute Gasteiger partial charge is 0.388 e. The summed E-state index contributed by atoms with van der Waals surface area (Å²) in [5, 5.41) is 60.4. The lowest BCUT2D eigenvalue weighted by Crippen LogP contribution is -2.60. The molecule has 0 spiro atoms. The van der Waals surface area contributed by atoms with Crippen molar-refractivity contribution in [3.05, 3.63) is 11.6 Å². The van der Waals surface area contributed by atoms with Gasteiger partial charge >= 0.3 is 0 Å². The van der Waals surface area contributed by atoms with Crippen LogP contribution in [-0.2, 0) is 23.7 Å². The molecule has 0 radical (unpaired) electrons. The summed E-state index contributed by atoms with van der Waals surface area (Å²) in [6.45, 7) is 7.33. The number of aliphatic hydroxyl groups is 6. The summed E-state index contributed by atoms with van der Waals surface area (Å²) in [7, 11) is 0. The van der Waals surface area contributed by atoms with E-state index in [0.717, 1.165) is 12.0 Å². The van der Waals surface area contributed by atoms with Gasteiger partial charge in [-0.3, -0.25) is 4.79 Å². The van der Waals surface area contributed by atoms with Crippen molar-refractivity contribution in [1.82, 2.24) is 0 Å². The second kappa shape index (κ2) is 11.6. The maximum Gasteiger partial charge on any atom is 0.186 e. The van der Waals surface area contributed by atoms with Crippen LogP contribution in [-0.4, -0.2) is 111 Å². The SMILES string of the molecule is CC1=CC(=O)CC(C)(C)[C@H]1CC[C@@H](C)O[C@@H]1O[C@H](CO[C@H]2OC[C@@H](O)[C@@H](O)[C@H]2O)[C@@H](O)[C@H](O)[C@H]1O. The zero-order chi connectivity index (χ0) is 26.1. The Hall–Kier alpha value is -0.990. The molecular formula is C24H40O11. The summed E-state index contributed by atoms with van der Waals surface area (Å²) in [6, 6.07) is 0. The first-order valence-corrected chi connectivity index (χ1v) is 12.2. The van der Waals surface area contributed by atoms with Crippen molar-refractivity contribution in [2.75, 3.05) is 13.2 Å². The third-order valence-corrected chi connectivity index (χ3v) is 7.29. The average Bonchev–Trinajstić information content (AvgIpc) is 2.76. The van der Waals surface area contributed by atoms with Crippen LogP contribution in [0.2, 0.25) is 0 Å². The van der Waals surface area contributed by atoms with E-state index in [0.29, 0.717) is 12.8 Å². The van der Waals surface area contributed by atoms with Crippen LogP contribution in [0.25, 0.3) is 0 Å². The van der Waals surface area contributed by atoms with Crippen molar-refractivity contribution < 1.29 is 54.4 Å². The second-order valence-corrected chi connectivity index (χ2v) is 10.7. The minimum atomic E-state index is -1.56. The normalized spacial score (nSPS) is 43.0. The molecule has 11 heteroatoms. The van der Waals surface area contributed by atoms with Gasteiger partial charge in [-0.25, -0.2) is 0 Å². The molecule has 2 heterocycles. The van der Waals surface area contributed by atoms with Crippen molar-refractivity contribution in [2.45, 2.75) is 108 Å². The predicted molar refractivity (Wildman–Crippen MR) is 121 cm³/mol. The monoisotopic (exact) mass is 504 g/mol. The first kappa shape index (κ1) is 28.6. The molecular weight excluding hydrogens is 464 g/mol. The van der Waals surface area contributed by atoms with Crippen molar-refractivity contribution in [3.63, 3.8) is 0 Å². The van der Waals surface area contributed by atoms with Gasteiger partial charge in [0, 0.05) is 6.42 Å². The fraction of sp³-hybridized carbons (Fsp3) is 0.875. The maximum atomic E-state index is 11.9. The number of carbonyl (C=O) groups is 1. The average molecular weight is 505 g/mol. The second-order valence-electron chi connectivity index (χ2n) is 10.7. The van der Waals surface area contributed by atoms with E-state index in [9.17, 15) is 35.4 Å². The van der Waals surface area contributed by atoms with Gasteiger partial charge in [0.05, 0.1) is 19.3 Å². The van der Waals surface area contributed by atoms with Crippen molar-refractivity contribution >= 4 is 5.78 Å². The molecule has 202 valence electrons. The molecule has 0 unspecified atom stereocenters. The highest BCUT2D eigenvalue weighted by Gasteiger charge is 2.46. The molecule has 2 fully saturated rings.